The lowest BCUT2D eigenvalue weighted by atomic mass is 10.1. The van der Waals surface area contributed by atoms with Crippen molar-refractivity contribution in [3.63, 3.8) is 0 Å². The van der Waals surface area contributed by atoms with Crippen LogP contribution in [0.25, 0.3) is 0 Å². The first kappa shape index (κ1) is 10.6. The van der Waals surface area contributed by atoms with E-state index in [9.17, 15) is 9.59 Å². The lowest BCUT2D eigenvalue weighted by Gasteiger charge is -2.18. The second kappa shape index (κ2) is 3.59. The number of amides is 2. The van der Waals surface area contributed by atoms with Crippen LogP contribution in [0.4, 0.5) is 5.69 Å². The van der Waals surface area contributed by atoms with Gasteiger partial charge in [-0.1, -0.05) is 12.1 Å². The fraction of sp³-hybridized carbons (Fsp3) is 0.231. The SMILES string of the molecule is CC1=CC(=O)N(c2cccc(C)c2C)C1=O. The molecule has 2 amide bonds. The number of aryl methyl sites for hydroxylation is 1. The van der Waals surface area contributed by atoms with Gasteiger partial charge in [-0.3, -0.25) is 9.59 Å². The minimum absolute atomic E-state index is 0.223. The number of carbonyl (C=O) groups is 2. The highest BCUT2D eigenvalue weighted by atomic mass is 16.2. The van der Waals surface area contributed by atoms with E-state index in [1.807, 2.05) is 26.0 Å². The van der Waals surface area contributed by atoms with E-state index in [-0.39, 0.29) is 11.8 Å². The third-order valence-corrected chi connectivity index (χ3v) is 2.92. The zero-order valence-corrected chi connectivity index (χ0v) is 9.57. The first-order chi connectivity index (χ1) is 7.52. The molecule has 1 aromatic rings. The zero-order chi connectivity index (χ0) is 11.9. The molecular formula is C13H13NO2. The third-order valence-electron chi connectivity index (χ3n) is 2.92. The summed E-state index contributed by atoms with van der Waals surface area (Å²) in [6.45, 7) is 5.54. The summed E-state index contributed by atoms with van der Waals surface area (Å²) < 4.78 is 0. The molecule has 1 aliphatic rings. The molecule has 16 heavy (non-hydrogen) atoms. The summed E-state index contributed by atoms with van der Waals surface area (Å²) in [5.41, 5.74) is 3.21. The Labute approximate surface area is 94.4 Å². The molecule has 3 nitrogen and oxygen atoms in total. The molecule has 2 rings (SSSR count). The number of anilines is 1. The van der Waals surface area contributed by atoms with Gasteiger partial charge in [0.25, 0.3) is 11.8 Å². The van der Waals surface area contributed by atoms with E-state index in [0.717, 1.165) is 11.1 Å². The average Bonchev–Trinajstić information content (AvgIpc) is 2.47. The van der Waals surface area contributed by atoms with Crippen molar-refractivity contribution >= 4 is 17.5 Å². The number of carbonyl (C=O) groups excluding carboxylic acids is 2. The van der Waals surface area contributed by atoms with Crippen LogP contribution in [0.2, 0.25) is 0 Å². The van der Waals surface area contributed by atoms with Gasteiger partial charge in [0.15, 0.2) is 0 Å². The molecular weight excluding hydrogens is 202 g/mol. The summed E-state index contributed by atoms with van der Waals surface area (Å²) >= 11 is 0. The van der Waals surface area contributed by atoms with Gasteiger partial charge >= 0.3 is 0 Å². The van der Waals surface area contributed by atoms with Crippen LogP contribution in [0.5, 0.6) is 0 Å². The minimum Gasteiger partial charge on any atom is -0.269 e. The molecule has 0 spiro atoms. The molecule has 0 atom stereocenters. The normalized spacial score (nSPS) is 15.7. The van der Waals surface area contributed by atoms with Gasteiger partial charge in [0, 0.05) is 11.6 Å². The quantitative estimate of drug-likeness (QED) is 0.673. The van der Waals surface area contributed by atoms with Crippen molar-refractivity contribution in [1.82, 2.24) is 0 Å². The predicted molar refractivity (Wildman–Crippen MR) is 62.2 cm³/mol. The van der Waals surface area contributed by atoms with Gasteiger partial charge in [0.2, 0.25) is 0 Å². The average molecular weight is 215 g/mol. The van der Waals surface area contributed by atoms with E-state index >= 15 is 0 Å². The highest BCUT2D eigenvalue weighted by molar-refractivity contribution is 6.30. The Kier molecular flexibility index (Phi) is 2.38. The number of benzene rings is 1. The van der Waals surface area contributed by atoms with Crippen LogP contribution in [-0.4, -0.2) is 11.8 Å². The molecule has 0 saturated carbocycles. The fourth-order valence-electron chi connectivity index (χ4n) is 1.79. The Morgan fingerprint density at radius 1 is 1.06 bits per heavy atom. The maximum absolute atomic E-state index is 11.8. The third kappa shape index (κ3) is 1.45. The van der Waals surface area contributed by atoms with E-state index < -0.39 is 0 Å². The Morgan fingerprint density at radius 3 is 2.31 bits per heavy atom. The first-order valence-electron chi connectivity index (χ1n) is 5.15. The van der Waals surface area contributed by atoms with Gasteiger partial charge in [-0.15, -0.1) is 0 Å². The molecule has 0 fully saturated rings. The van der Waals surface area contributed by atoms with E-state index in [4.69, 9.17) is 0 Å². The van der Waals surface area contributed by atoms with Crippen molar-refractivity contribution in [3.8, 4) is 0 Å². The minimum atomic E-state index is -0.254. The molecule has 1 aromatic carbocycles. The predicted octanol–water partition coefficient (Wildman–Crippen LogP) is 2.12. The van der Waals surface area contributed by atoms with E-state index in [1.165, 1.54) is 11.0 Å². The lowest BCUT2D eigenvalue weighted by molar-refractivity contribution is -0.120. The first-order valence-corrected chi connectivity index (χ1v) is 5.15. The second-order valence-electron chi connectivity index (χ2n) is 4.03. The summed E-state index contributed by atoms with van der Waals surface area (Å²) in [4.78, 5) is 24.7. The highest BCUT2D eigenvalue weighted by Gasteiger charge is 2.30. The van der Waals surface area contributed by atoms with Crippen LogP contribution in [0.15, 0.2) is 29.8 Å². The van der Waals surface area contributed by atoms with Gasteiger partial charge < -0.3 is 0 Å². The number of hydrogen-bond acceptors (Lipinski definition) is 2. The van der Waals surface area contributed by atoms with Crippen LogP contribution in [0.1, 0.15) is 18.1 Å². The molecule has 0 bridgehead atoms. The molecule has 82 valence electrons. The topological polar surface area (TPSA) is 37.4 Å². The van der Waals surface area contributed by atoms with Crippen molar-refractivity contribution in [3.05, 3.63) is 41.0 Å². The van der Waals surface area contributed by atoms with E-state index in [0.29, 0.717) is 11.3 Å². The maximum Gasteiger partial charge on any atom is 0.261 e. The molecule has 0 aliphatic carbocycles. The van der Waals surface area contributed by atoms with Gasteiger partial charge in [-0.25, -0.2) is 4.90 Å². The molecule has 0 unspecified atom stereocenters. The number of imide groups is 1. The summed E-state index contributed by atoms with van der Waals surface area (Å²) in [6, 6.07) is 5.61. The Morgan fingerprint density at radius 2 is 1.75 bits per heavy atom. The van der Waals surface area contributed by atoms with Crippen molar-refractivity contribution in [2.24, 2.45) is 0 Å². The largest absolute Gasteiger partial charge is 0.269 e. The van der Waals surface area contributed by atoms with Crippen LogP contribution in [0.3, 0.4) is 0 Å². The van der Waals surface area contributed by atoms with Crippen molar-refractivity contribution in [2.45, 2.75) is 20.8 Å². The number of rotatable bonds is 1. The summed E-state index contributed by atoms with van der Waals surface area (Å²) in [5.74, 6) is -0.477. The second-order valence-corrected chi connectivity index (χ2v) is 4.03. The Balaban J connectivity index is 2.51. The molecule has 0 saturated heterocycles. The van der Waals surface area contributed by atoms with Crippen molar-refractivity contribution in [2.75, 3.05) is 4.90 Å². The molecule has 0 aromatic heterocycles. The molecule has 3 heteroatoms. The Bertz CT molecular complexity index is 515. The summed E-state index contributed by atoms with van der Waals surface area (Å²) in [6.07, 6.45) is 1.38. The van der Waals surface area contributed by atoms with Crippen LogP contribution < -0.4 is 4.90 Å². The Hall–Kier alpha value is -1.90. The molecule has 0 radical (unpaired) electrons. The zero-order valence-electron chi connectivity index (χ0n) is 9.57. The van der Waals surface area contributed by atoms with E-state index in [2.05, 4.69) is 0 Å². The van der Waals surface area contributed by atoms with Gasteiger partial charge in [0.1, 0.15) is 0 Å². The van der Waals surface area contributed by atoms with Crippen molar-refractivity contribution < 1.29 is 9.59 Å². The summed E-state index contributed by atoms with van der Waals surface area (Å²) in [7, 11) is 0. The maximum atomic E-state index is 11.8. The number of nitrogens with zero attached hydrogens (tertiary/aromatic N) is 1. The molecule has 0 N–H and O–H groups in total. The van der Waals surface area contributed by atoms with Crippen molar-refractivity contribution in [1.29, 1.82) is 0 Å². The van der Waals surface area contributed by atoms with Gasteiger partial charge in [-0.05, 0) is 38.0 Å². The summed E-state index contributed by atoms with van der Waals surface area (Å²) in [5, 5.41) is 0. The molecule has 1 heterocycles. The standard InChI is InChI=1S/C13H13NO2/c1-8-5-4-6-11(10(8)3)14-12(15)7-9(2)13(14)16/h4-7H,1-3H3. The van der Waals surface area contributed by atoms with Crippen LogP contribution in [-0.2, 0) is 9.59 Å². The smallest absolute Gasteiger partial charge is 0.261 e. The van der Waals surface area contributed by atoms with Gasteiger partial charge in [0.05, 0.1) is 5.69 Å². The number of hydrogen-bond donors (Lipinski definition) is 0. The van der Waals surface area contributed by atoms with Gasteiger partial charge in [-0.2, -0.15) is 0 Å². The van der Waals surface area contributed by atoms with Crippen LogP contribution in [0, 0.1) is 13.8 Å². The van der Waals surface area contributed by atoms with Crippen LogP contribution >= 0.6 is 0 Å². The molecule has 1 aliphatic heterocycles. The highest BCUT2D eigenvalue weighted by Crippen LogP contribution is 2.27. The van der Waals surface area contributed by atoms with E-state index in [1.54, 1.807) is 13.0 Å². The lowest BCUT2D eigenvalue weighted by Crippen LogP contribution is -2.31. The monoisotopic (exact) mass is 215 g/mol. The fourth-order valence-corrected chi connectivity index (χ4v) is 1.79.